The van der Waals surface area contributed by atoms with E-state index in [2.05, 4.69) is 5.32 Å². The highest BCUT2D eigenvalue weighted by Gasteiger charge is 2.32. The number of hydrogen-bond acceptors (Lipinski definition) is 5. The van der Waals surface area contributed by atoms with Gasteiger partial charge in [0, 0.05) is 27.3 Å². The van der Waals surface area contributed by atoms with Crippen molar-refractivity contribution in [2.75, 3.05) is 18.5 Å². The van der Waals surface area contributed by atoms with Crippen molar-refractivity contribution < 1.29 is 23.9 Å². The molecule has 0 saturated heterocycles. The second-order valence-corrected chi connectivity index (χ2v) is 9.96. The third-order valence-electron chi connectivity index (χ3n) is 4.92. The molecule has 0 saturated carbocycles. The van der Waals surface area contributed by atoms with E-state index in [-0.39, 0.29) is 28.2 Å². The molecule has 1 N–H and O–H groups in total. The molecule has 0 unspecified atom stereocenters. The molecule has 6 nitrogen and oxygen atoms in total. The molecule has 0 spiro atoms. The summed E-state index contributed by atoms with van der Waals surface area (Å²) in [6.07, 6.45) is 0. The first-order valence-corrected chi connectivity index (χ1v) is 11.4. The lowest BCUT2D eigenvalue weighted by Crippen LogP contribution is -2.28. The van der Waals surface area contributed by atoms with Gasteiger partial charge in [0.25, 0.3) is 9.70 Å². The first-order chi connectivity index (χ1) is 16.1. The van der Waals surface area contributed by atoms with Gasteiger partial charge in [-0.2, -0.15) is 0 Å². The average Bonchev–Trinajstić information content (AvgIpc) is 2.82. The number of carbonyl (C=O) groups excluding carboxylic acids is 3. The summed E-state index contributed by atoms with van der Waals surface area (Å²) >= 11 is 23.0. The topological polar surface area (TPSA) is 81.7 Å². The van der Waals surface area contributed by atoms with Gasteiger partial charge in [-0.1, -0.05) is 58.5 Å². The molecule has 0 aliphatic carbocycles. The van der Waals surface area contributed by atoms with E-state index in [1.807, 2.05) is 0 Å². The normalized spacial score (nSPS) is 12.7. The third kappa shape index (κ3) is 5.31. The summed E-state index contributed by atoms with van der Waals surface area (Å²) in [6.45, 7) is 0.803. The fraction of sp³-hybridized carbons (Fsp3) is 0.125. The van der Waals surface area contributed by atoms with E-state index >= 15 is 0 Å². The van der Waals surface area contributed by atoms with E-state index < -0.39 is 15.5 Å². The van der Waals surface area contributed by atoms with Gasteiger partial charge in [-0.05, 0) is 48.5 Å². The molecule has 1 aliphatic heterocycles. The van der Waals surface area contributed by atoms with Crippen LogP contribution >= 0.6 is 46.4 Å². The van der Waals surface area contributed by atoms with E-state index in [4.69, 9.17) is 55.9 Å². The fourth-order valence-corrected chi connectivity index (χ4v) is 3.64. The lowest BCUT2D eigenvalue weighted by Gasteiger charge is -2.19. The van der Waals surface area contributed by atoms with Gasteiger partial charge in [0.05, 0.1) is 5.69 Å². The molecule has 4 rings (SSSR count). The van der Waals surface area contributed by atoms with Crippen LogP contribution in [0.5, 0.6) is 11.5 Å². The summed E-state index contributed by atoms with van der Waals surface area (Å²) in [7, 11) is 0. The maximum Gasteiger partial charge on any atom is 0.276 e. The van der Waals surface area contributed by atoms with Crippen LogP contribution in [0, 0.1) is 0 Å². The van der Waals surface area contributed by atoms with E-state index in [0.29, 0.717) is 35.3 Å². The Kier molecular flexibility index (Phi) is 7.05. The Morgan fingerprint density at radius 1 is 0.765 bits per heavy atom. The summed E-state index contributed by atoms with van der Waals surface area (Å²) in [6, 6.07) is 15.3. The van der Waals surface area contributed by atoms with Gasteiger partial charge in [0.15, 0.2) is 23.1 Å². The Labute approximate surface area is 214 Å². The largest absolute Gasteiger partial charge is 0.486 e. The second-order valence-electron chi connectivity index (χ2n) is 7.24. The number of benzene rings is 3. The first-order valence-electron chi connectivity index (χ1n) is 9.90. The molecule has 3 aromatic rings. The number of rotatable bonds is 5. The Bertz CT molecular complexity index is 1300. The average molecular weight is 539 g/mol. The number of anilines is 1. The van der Waals surface area contributed by atoms with Crippen LogP contribution in [-0.4, -0.2) is 34.5 Å². The Hall–Kier alpha value is -2.77. The number of alkyl halides is 3. The summed E-state index contributed by atoms with van der Waals surface area (Å²) in [5.41, 5.74) is 0.881. The Morgan fingerprint density at radius 2 is 1.41 bits per heavy atom. The second kappa shape index (κ2) is 9.84. The van der Waals surface area contributed by atoms with Crippen LogP contribution in [0.3, 0.4) is 0 Å². The lowest BCUT2D eigenvalue weighted by atomic mass is 9.95. The third-order valence-corrected chi connectivity index (χ3v) is 5.67. The molecule has 0 fully saturated rings. The SMILES string of the molecule is O=C(c1ccc2c(c1)OCCO2)c1ccc(NC(=O)C(Cl)(Cl)Cl)c(C(=O)c2cccc(Cl)c2)c1. The molecule has 0 aromatic heterocycles. The van der Waals surface area contributed by atoms with Gasteiger partial charge in [-0.25, -0.2) is 0 Å². The van der Waals surface area contributed by atoms with Crippen LogP contribution in [0.4, 0.5) is 5.69 Å². The number of carbonyl (C=O) groups is 3. The van der Waals surface area contributed by atoms with Gasteiger partial charge < -0.3 is 14.8 Å². The van der Waals surface area contributed by atoms with E-state index in [1.54, 1.807) is 36.4 Å². The quantitative estimate of drug-likeness (QED) is 0.324. The van der Waals surface area contributed by atoms with Crippen LogP contribution in [-0.2, 0) is 4.79 Å². The Morgan fingerprint density at radius 3 is 2.12 bits per heavy atom. The molecule has 0 bridgehead atoms. The van der Waals surface area contributed by atoms with Gasteiger partial charge in [-0.15, -0.1) is 0 Å². The number of ether oxygens (including phenoxy) is 2. The molecular formula is C24H15Cl4NO5. The molecule has 10 heteroatoms. The molecule has 174 valence electrons. The summed E-state index contributed by atoms with van der Waals surface area (Å²) in [5, 5.41) is 2.77. The van der Waals surface area contributed by atoms with Crippen molar-refractivity contribution in [2.24, 2.45) is 0 Å². The van der Waals surface area contributed by atoms with Gasteiger partial charge >= 0.3 is 0 Å². The first kappa shape index (κ1) is 24.4. The number of halogens is 4. The summed E-state index contributed by atoms with van der Waals surface area (Å²) in [5.74, 6) is -0.804. The monoisotopic (exact) mass is 537 g/mol. The van der Waals surface area contributed by atoms with Crippen LogP contribution in [0.2, 0.25) is 5.02 Å². The zero-order valence-corrected chi connectivity index (χ0v) is 20.3. The van der Waals surface area contributed by atoms with Crippen molar-refractivity contribution in [3.8, 4) is 11.5 Å². The number of hydrogen-bond donors (Lipinski definition) is 1. The predicted molar refractivity (Wildman–Crippen MR) is 131 cm³/mol. The molecule has 0 radical (unpaired) electrons. The maximum absolute atomic E-state index is 13.3. The number of ketones is 2. The van der Waals surface area contributed by atoms with Gasteiger partial charge in [0.1, 0.15) is 13.2 Å². The standard InChI is InChI=1S/C24H15Cl4NO5/c25-16-3-1-2-13(10-16)22(31)17-11-14(4-6-18(17)29-23(32)24(26,27)28)21(30)15-5-7-19-20(12-15)34-9-8-33-19/h1-7,10-12H,8-9H2,(H,29,32). The minimum absolute atomic E-state index is 0.0215. The van der Waals surface area contributed by atoms with Crippen molar-refractivity contribution in [3.63, 3.8) is 0 Å². The zero-order valence-electron chi connectivity index (χ0n) is 17.2. The van der Waals surface area contributed by atoms with E-state index in [1.165, 1.54) is 24.3 Å². The zero-order chi connectivity index (χ0) is 24.5. The van der Waals surface area contributed by atoms with Crippen molar-refractivity contribution in [3.05, 3.63) is 87.9 Å². The molecule has 34 heavy (non-hydrogen) atoms. The highest BCUT2D eigenvalue weighted by Crippen LogP contribution is 2.33. The fourth-order valence-electron chi connectivity index (χ4n) is 3.31. The smallest absolute Gasteiger partial charge is 0.276 e. The molecule has 1 amide bonds. The minimum Gasteiger partial charge on any atom is -0.486 e. The van der Waals surface area contributed by atoms with Crippen LogP contribution in [0.15, 0.2) is 60.7 Å². The molecule has 3 aromatic carbocycles. The minimum atomic E-state index is -2.25. The number of fused-ring (bicyclic) bond motifs is 1. The molecule has 1 aliphatic rings. The Balaban J connectivity index is 1.74. The summed E-state index contributed by atoms with van der Waals surface area (Å²) in [4.78, 5) is 38.8. The van der Waals surface area contributed by atoms with Crippen molar-refractivity contribution in [1.82, 2.24) is 0 Å². The predicted octanol–water partition coefficient (Wildman–Crippen LogP) is 5.88. The molecular weight excluding hydrogens is 524 g/mol. The molecule has 1 heterocycles. The molecule has 0 atom stereocenters. The van der Waals surface area contributed by atoms with Crippen molar-refractivity contribution >= 4 is 69.6 Å². The van der Waals surface area contributed by atoms with Gasteiger partial charge in [0.2, 0.25) is 0 Å². The highest BCUT2D eigenvalue weighted by molar-refractivity contribution is 6.76. The number of nitrogens with one attached hydrogen (secondary N) is 1. The lowest BCUT2D eigenvalue weighted by molar-refractivity contribution is -0.115. The van der Waals surface area contributed by atoms with Crippen LogP contribution in [0.25, 0.3) is 0 Å². The van der Waals surface area contributed by atoms with Crippen LogP contribution in [0.1, 0.15) is 31.8 Å². The number of amides is 1. The van der Waals surface area contributed by atoms with Crippen molar-refractivity contribution in [1.29, 1.82) is 0 Å². The van der Waals surface area contributed by atoms with Gasteiger partial charge in [-0.3, -0.25) is 14.4 Å². The van der Waals surface area contributed by atoms with E-state index in [9.17, 15) is 14.4 Å². The highest BCUT2D eigenvalue weighted by atomic mass is 35.6. The summed E-state index contributed by atoms with van der Waals surface area (Å²) < 4.78 is 8.78. The maximum atomic E-state index is 13.3. The van der Waals surface area contributed by atoms with Crippen molar-refractivity contribution in [2.45, 2.75) is 3.79 Å². The van der Waals surface area contributed by atoms with E-state index in [0.717, 1.165) is 0 Å². The van der Waals surface area contributed by atoms with Crippen LogP contribution < -0.4 is 14.8 Å².